The van der Waals surface area contributed by atoms with Crippen LogP contribution in [0.3, 0.4) is 0 Å². The minimum absolute atomic E-state index is 0.0715. The standard InChI is InChI=1S/C20H21N3O2/c1-20(2,3)14-7-9-15(10-8-14)21-19(25)18-12-17(22-23-18)13-5-4-6-16(24)11-13/h4-12,24H,1-3H3,(H,21,25)(H,22,23). The Morgan fingerprint density at radius 1 is 1.08 bits per heavy atom. The largest absolute Gasteiger partial charge is 0.508 e. The van der Waals surface area contributed by atoms with Gasteiger partial charge in [0.05, 0.1) is 5.69 Å². The number of carbonyl (C=O) groups is 1. The highest BCUT2D eigenvalue weighted by Crippen LogP contribution is 2.24. The molecule has 5 heteroatoms. The van der Waals surface area contributed by atoms with Crippen LogP contribution in [-0.4, -0.2) is 21.2 Å². The molecule has 3 N–H and O–H groups in total. The van der Waals surface area contributed by atoms with Crippen molar-refractivity contribution in [2.75, 3.05) is 5.32 Å². The Bertz CT molecular complexity index is 890. The van der Waals surface area contributed by atoms with Gasteiger partial charge in [0, 0.05) is 11.3 Å². The van der Waals surface area contributed by atoms with E-state index in [2.05, 4.69) is 36.3 Å². The molecule has 0 aliphatic rings. The van der Waals surface area contributed by atoms with Gasteiger partial charge in [-0.2, -0.15) is 5.10 Å². The maximum atomic E-state index is 12.4. The van der Waals surface area contributed by atoms with Gasteiger partial charge in [-0.15, -0.1) is 0 Å². The molecule has 0 radical (unpaired) electrons. The Balaban J connectivity index is 1.74. The number of nitrogens with zero attached hydrogens (tertiary/aromatic N) is 1. The molecule has 1 amide bonds. The molecule has 0 unspecified atom stereocenters. The van der Waals surface area contributed by atoms with Gasteiger partial charge < -0.3 is 10.4 Å². The summed E-state index contributed by atoms with van der Waals surface area (Å²) < 4.78 is 0. The maximum Gasteiger partial charge on any atom is 0.273 e. The number of hydrogen-bond donors (Lipinski definition) is 3. The van der Waals surface area contributed by atoms with Gasteiger partial charge in [0.1, 0.15) is 11.4 Å². The summed E-state index contributed by atoms with van der Waals surface area (Å²) in [5.74, 6) is -0.104. The number of benzene rings is 2. The fraction of sp³-hybridized carbons (Fsp3) is 0.200. The van der Waals surface area contributed by atoms with Crippen LogP contribution >= 0.6 is 0 Å². The topological polar surface area (TPSA) is 78.0 Å². The Labute approximate surface area is 146 Å². The maximum absolute atomic E-state index is 12.4. The number of aromatic nitrogens is 2. The first-order valence-corrected chi connectivity index (χ1v) is 8.10. The van der Waals surface area contributed by atoms with Crippen molar-refractivity contribution in [2.24, 2.45) is 0 Å². The second-order valence-corrected chi connectivity index (χ2v) is 7.00. The zero-order chi connectivity index (χ0) is 18.0. The van der Waals surface area contributed by atoms with Gasteiger partial charge >= 0.3 is 0 Å². The Morgan fingerprint density at radius 2 is 1.80 bits per heavy atom. The number of phenols is 1. The first-order valence-electron chi connectivity index (χ1n) is 8.10. The molecule has 0 aliphatic heterocycles. The molecular formula is C20H21N3O2. The molecule has 128 valence electrons. The molecular weight excluding hydrogens is 314 g/mol. The molecule has 0 saturated heterocycles. The summed E-state index contributed by atoms with van der Waals surface area (Å²) in [5, 5.41) is 19.3. The Kier molecular flexibility index (Phi) is 4.31. The molecule has 1 aromatic heterocycles. The molecule has 2 aromatic carbocycles. The quantitative estimate of drug-likeness (QED) is 0.666. The van der Waals surface area contributed by atoms with E-state index in [1.807, 2.05) is 30.3 Å². The first kappa shape index (κ1) is 16.8. The predicted octanol–water partition coefficient (Wildman–Crippen LogP) is 4.33. The molecule has 0 saturated carbocycles. The Hall–Kier alpha value is -3.08. The summed E-state index contributed by atoms with van der Waals surface area (Å²) >= 11 is 0. The molecule has 0 fully saturated rings. The SMILES string of the molecule is CC(C)(C)c1ccc(NC(=O)c2cc(-c3cccc(O)c3)n[nH]2)cc1. The fourth-order valence-electron chi connectivity index (χ4n) is 2.50. The lowest BCUT2D eigenvalue weighted by atomic mass is 9.87. The molecule has 1 heterocycles. The van der Waals surface area contributed by atoms with E-state index in [1.54, 1.807) is 24.3 Å². The molecule has 0 atom stereocenters. The summed E-state index contributed by atoms with van der Waals surface area (Å²) in [4.78, 5) is 12.4. The van der Waals surface area contributed by atoms with E-state index >= 15 is 0 Å². The van der Waals surface area contributed by atoms with Crippen molar-refractivity contribution in [3.63, 3.8) is 0 Å². The van der Waals surface area contributed by atoms with Crippen LogP contribution in [-0.2, 0) is 5.41 Å². The average molecular weight is 335 g/mol. The van der Waals surface area contributed by atoms with E-state index in [-0.39, 0.29) is 17.1 Å². The minimum atomic E-state index is -0.262. The summed E-state index contributed by atoms with van der Waals surface area (Å²) in [7, 11) is 0. The van der Waals surface area contributed by atoms with Gasteiger partial charge in [-0.05, 0) is 41.3 Å². The lowest BCUT2D eigenvalue weighted by Gasteiger charge is -2.19. The van der Waals surface area contributed by atoms with Gasteiger partial charge in [0.15, 0.2) is 0 Å². The zero-order valence-electron chi connectivity index (χ0n) is 14.5. The normalized spacial score (nSPS) is 11.3. The molecule has 25 heavy (non-hydrogen) atoms. The number of H-pyrrole nitrogens is 1. The summed E-state index contributed by atoms with van der Waals surface area (Å²) in [6.45, 7) is 6.44. The number of carbonyl (C=O) groups excluding carboxylic acids is 1. The minimum Gasteiger partial charge on any atom is -0.508 e. The van der Waals surface area contributed by atoms with Crippen LogP contribution < -0.4 is 5.32 Å². The van der Waals surface area contributed by atoms with Crippen molar-refractivity contribution >= 4 is 11.6 Å². The van der Waals surface area contributed by atoms with Crippen molar-refractivity contribution in [3.8, 4) is 17.0 Å². The number of nitrogens with one attached hydrogen (secondary N) is 2. The van der Waals surface area contributed by atoms with Crippen molar-refractivity contribution in [1.29, 1.82) is 0 Å². The number of anilines is 1. The van der Waals surface area contributed by atoms with Crippen LogP contribution in [0.4, 0.5) is 5.69 Å². The van der Waals surface area contributed by atoms with E-state index in [1.165, 1.54) is 5.56 Å². The van der Waals surface area contributed by atoms with Crippen molar-refractivity contribution in [3.05, 3.63) is 65.9 Å². The van der Waals surface area contributed by atoms with E-state index in [0.717, 1.165) is 11.3 Å². The van der Waals surface area contributed by atoms with Crippen LogP contribution in [0.25, 0.3) is 11.3 Å². The molecule has 5 nitrogen and oxygen atoms in total. The van der Waals surface area contributed by atoms with E-state index in [9.17, 15) is 9.90 Å². The van der Waals surface area contributed by atoms with Gasteiger partial charge in [-0.3, -0.25) is 9.89 Å². The molecule has 0 aliphatic carbocycles. The zero-order valence-corrected chi connectivity index (χ0v) is 14.5. The van der Waals surface area contributed by atoms with E-state index < -0.39 is 0 Å². The monoisotopic (exact) mass is 335 g/mol. The number of aromatic hydroxyl groups is 1. The number of rotatable bonds is 3. The van der Waals surface area contributed by atoms with Crippen LogP contribution in [0.5, 0.6) is 5.75 Å². The van der Waals surface area contributed by atoms with Gasteiger partial charge in [0.2, 0.25) is 0 Å². The van der Waals surface area contributed by atoms with E-state index in [4.69, 9.17) is 0 Å². The van der Waals surface area contributed by atoms with Gasteiger partial charge in [-0.25, -0.2) is 0 Å². The Morgan fingerprint density at radius 3 is 2.44 bits per heavy atom. The number of amides is 1. The number of phenolic OH excluding ortho intramolecular Hbond substituents is 1. The van der Waals surface area contributed by atoms with Gasteiger partial charge in [-0.1, -0.05) is 45.0 Å². The fourth-order valence-corrected chi connectivity index (χ4v) is 2.50. The third-order valence-corrected chi connectivity index (χ3v) is 3.97. The van der Waals surface area contributed by atoms with Crippen LogP contribution in [0, 0.1) is 0 Å². The highest BCUT2D eigenvalue weighted by Gasteiger charge is 2.14. The molecule has 3 rings (SSSR count). The summed E-state index contributed by atoms with van der Waals surface area (Å²) in [5.41, 5.74) is 3.71. The van der Waals surface area contributed by atoms with Gasteiger partial charge in [0.25, 0.3) is 5.91 Å². The van der Waals surface area contributed by atoms with Crippen LogP contribution in [0.1, 0.15) is 36.8 Å². The lowest BCUT2D eigenvalue weighted by Crippen LogP contribution is -2.14. The first-order chi connectivity index (χ1) is 11.8. The van der Waals surface area contributed by atoms with Crippen molar-refractivity contribution < 1.29 is 9.90 Å². The third kappa shape index (κ3) is 3.88. The second-order valence-electron chi connectivity index (χ2n) is 7.00. The molecule has 0 bridgehead atoms. The smallest absolute Gasteiger partial charge is 0.273 e. The van der Waals surface area contributed by atoms with Crippen LogP contribution in [0.15, 0.2) is 54.6 Å². The highest BCUT2D eigenvalue weighted by atomic mass is 16.3. The molecule has 3 aromatic rings. The number of hydrogen-bond acceptors (Lipinski definition) is 3. The summed E-state index contributed by atoms with van der Waals surface area (Å²) in [6, 6.07) is 16.2. The van der Waals surface area contributed by atoms with Crippen molar-refractivity contribution in [2.45, 2.75) is 26.2 Å². The second kappa shape index (κ2) is 6.43. The molecule has 0 spiro atoms. The summed E-state index contributed by atoms with van der Waals surface area (Å²) in [6.07, 6.45) is 0. The predicted molar refractivity (Wildman–Crippen MR) is 98.8 cm³/mol. The average Bonchev–Trinajstić information content (AvgIpc) is 3.05. The highest BCUT2D eigenvalue weighted by molar-refractivity contribution is 6.03. The van der Waals surface area contributed by atoms with Crippen LogP contribution in [0.2, 0.25) is 0 Å². The lowest BCUT2D eigenvalue weighted by molar-refractivity contribution is 0.102. The number of aromatic amines is 1. The van der Waals surface area contributed by atoms with Crippen molar-refractivity contribution in [1.82, 2.24) is 10.2 Å². The van der Waals surface area contributed by atoms with E-state index in [0.29, 0.717) is 11.4 Å². The third-order valence-electron chi connectivity index (χ3n) is 3.97.